The Balaban J connectivity index is 2.96. The zero-order chi connectivity index (χ0) is 11.6. The third-order valence-corrected chi connectivity index (χ3v) is 2.17. The van der Waals surface area contributed by atoms with Gasteiger partial charge < -0.3 is 0 Å². The lowest BCUT2D eigenvalue weighted by molar-refractivity contribution is -0.143. The van der Waals surface area contributed by atoms with E-state index in [0.29, 0.717) is 12.1 Å². The molecule has 0 unspecified atom stereocenters. The van der Waals surface area contributed by atoms with Crippen molar-refractivity contribution in [3.05, 3.63) is 17.5 Å². The minimum atomic E-state index is -4.20. The van der Waals surface area contributed by atoms with Crippen LogP contribution in [0.15, 0.2) is 6.07 Å². The fraction of sp³-hybridized carbons (Fsp3) is 0.700. The first kappa shape index (κ1) is 12.1. The van der Waals surface area contributed by atoms with Crippen LogP contribution < -0.4 is 0 Å². The van der Waals surface area contributed by atoms with E-state index < -0.39 is 12.7 Å². The van der Waals surface area contributed by atoms with Crippen molar-refractivity contribution in [1.29, 1.82) is 0 Å². The smallest absolute Gasteiger partial charge is 0.260 e. The van der Waals surface area contributed by atoms with E-state index >= 15 is 0 Å². The standard InChI is InChI=1S/C10H15F3N2/c1-4-8-5-9(7(2)3)14-15(8)6-10(11,12)13/h5,7H,4,6H2,1-3H3. The molecule has 0 aromatic carbocycles. The highest BCUT2D eigenvalue weighted by atomic mass is 19.4. The maximum atomic E-state index is 12.2. The zero-order valence-corrected chi connectivity index (χ0v) is 9.10. The Hall–Kier alpha value is -1.00. The second-order valence-electron chi connectivity index (χ2n) is 3.84. The number of aromatic nitrogens is 2. The molecular weight excluding hydrogens is 205 g/mol. The van der Waals surface area contributed by atoms with Crippen LogP contribution >= 0.6 is 0 Å². The summed E-state index contributed by atoms with van der Waals surface area (Å²) in [6, 6.07) is 1.75. The van der Waals surface area contributed by atoms with Gasteiger partial charge in [0.15, 0.2) is 0 Å². The van der Waals surface area contributed by atoms with Crippen LogP contribution in [0.4, 0.5) is 13.2 Å². The van der Waals surface area contributed by atoms with E-state index in [9.17, 15) is 13.2 Å². The van der Waals surface area contributed by atoms with Crippen molar-refractivity contribution in [2.24, 2.45) is 0 Å². The molecule has 2 nitrogen and oxygen atoms in total. The Bertz CT molecular complexity index is 326. The SMILES string of the molecule is CCc1cc(C(C)C)nn1CC(F)(F)F. The summed E-state index contributed by atoms with van der Waals surface area (Å²) >= 11 is 0. The maximum absolute atomic E-state index is 12.2. The van der Waals surface area contributed by atoms with E-state index in [0.717, 1.165) is 10.4 Å². The molecule has 1 aromatic rings. The van der Waals surface area contributed by atoms with Crippen molar-refractivity contribution in [1.82, 2.24) is 9.78 Å². The number of hydrogen-bond donors (Lipinski definition) is 0. The molecule has 0 spiro atoms. The number of nitrogens with zero attached hydrogens (tertiary/aromatic N) is 2. The molecule has 1 rings (SSSR count). The van der Waals surface area contributed by atoms with Gasteiger partial charge in [-0.05, 0) is 18.4 Å². The van der Waals surface area contributed by atoms with E-state index in [4.69, 9.17) is 0 Å². The van der Waals surface area contributed by atoms with Gasteiger partial charge in [-0.1, -0.05) is 20.8 Å². The predicted molar refractivity (Wildman–Crippen MR) is 51.7 cm³/mol. The molecule has 0 fully saturated rings. The van der Waals surface area contributed by atoms with Crippen LogP contribution in [0.25, 0.3) is 0 Å². The number of alkyl halides is 3. The van der Waals surface area contributed by atoms with Gasteiger partial charge in [-0.15, -0.1) is 0 Å². The molecule has 0 N–H and O–H groups in total. The summed E-state index contributed by atoms with van der Waals surface area (Å²) in [7, 11) is 0. The summed E-state index contributed by atoms with van der Waals surface area (Å²) in [4.78, 5) is 0. The Kier molecular flexibility index (Phi) is 3.42. The van der Waals surface area contributed by atoms with Crippen LogP contribution in [0.2, 0.25) is 0 Å². The Morgan fingerprint density at radius 1 is 1.40 bits per heavy atom. The molecule has 0 bridgehead atoms. The summed E-state index contributed by atoms with van der Waals surface area (Å²) in [6.45, 7) is 4.66. The second kappa shape index (κ2) is 4.24. The molecule has 15 heavy (non-hydrogen) atoms. The van der Waals surface area contributed by atoms with Crippen LogP contribution in [0.5, 0.6) is 0 Å². The predicted octanol–water partition coefficient (Wildman–Crippen LogP) is 3.13. The highest BCUT2D eigenvalue weighted by molar-refractivity contribution is 5.13. The summed E-state index contributed by atoms with van der Waals surface area (Å²) in [6.07, 6.45) is -3.64. The molecule has 0 radical (unpaired) electrons. The van der Waals surface area contributed by atoms with Gasteiger partial charge in [0.1, 0.15) is 6.54 Å². The van der Waals surface area contributed by atoms with Gasteiger partial charge in [0.25, 0.3) is 0 Å². The molecule has 0 aliphatic carbocycles. The summed E-state index contributed by atoms with van der Waals surface area (Å²) in [5.41, 5.74) is 1.35. The average molecular weight is 220 g/mol. The van der Waals surface area contributed by atoms with Gasteiger partial charge in [-0.25, -0.2) is 0 Å². The molecule has 0 aliphatic heterocycles. The molecule has 0 saturated heterocycles. The van der Waals surface area contributed by atoms with Crippen molar-refractivity contribution in [3.63, 3.8) is 0 Å². The van der Waals surface area contributed by atoms with Gasteiger partial charge in [0, 0.05) is 5.69 Å². The van der Waals surface area contributed by atoms with Crippen molar-refractivity contribution >= 4 is 0 Å². The Morgan fingerprint density at radius 3 is 2.40 bits per heavy atom. The zero-order valence-electron chi connectivity index (χ0n) is 9.10. The largest absolute Gasteiger partial charge is 0.408 e. The van der Waals surface area contributed by atoms with Crippen LogP contribution in [-0.4, -0.2) is 16.0 Å². The van der Waals surface area contributed by atoms with Crippen molar-refractivity contribution in [3.8, 4) is 0 Å². The lowest BCUT2D eigenvalue weighted by Gasteiger charge is -2.08. The van der Waals surface area contributed by atoms with Crippen LogP contribution in [0, 0.1) is 0 Å². The third-order valence-electron chi connectivity index (χ3n) is 2.17. The van der Waals surface area contributed by atoms with E-state index in [1.54, 1.807) is 6.07 Å². The third kappa shape index (κ3) is 3.25. The normalized spacial score (nSPS) is 12.5. The Morgan fingerprint density at radius 2 is 2.00 bits per heavy atom. The summed E-state index contributed by atoms with van der Waals surface area (Å²) in [5, 5.41) is 3.96. The fourth-order valence-corrected chi connectivity index (χ4v) is 1.35. The van der Waals surface area contributed by atoms with Gasteiger partial charge in [0.2, 0.25) is 0 Å². The molecule has 1 aromatic heterocycles. The molecule has 0 saturated carbocycles. The molecule has 0 atom stereocenters. The minimum absolute atomic E-state index is 0.157. The number of hydrogen-bond acceptors (Lipinski definition) is 1. The lowest BCUT2D eigenvalue weighted by atomic mass is 10.1. The number of halogens is 3. The summed E-state index contributed by atoms with van der Waals surface area (Å²) < 4.78 is 37.7. The van der Waals surface area contributed by atoms with Crippen molar-refractivity contribution in [2.75, 3.05) is 0 Å². The summed E-state index contributed by atoms with van der Waals surface area (Å²) in [5.74, 6) is 0.157. The van der Waals surface area contributed by atoms with Crippen molar-refractivity contribution in [2.45, 2.75) is 45.8 Å². The minimum Gasteiger partial charge on any atom is -0.260 e. The highest BCUT2D eigenvalue weighted by Gasteiger charge is 2.29. The van der Waals surface area contributed by atoms with E-state index in [2.05, 4.69) is 5.10 Å². The van der Waals surface area contributed by atoms with Crippen molar-refractivity contribution < 1.29 is 13.2 Å². The van der Waals surface area contributed by atoms with Crippen LogP contribution in [-0.2, 0) is 13.0 Å². The average Bonchev–Trinajstić information content (AvgIpc) is 2.44. The topological polar surface area (TPSA) is 17.8 Å². The molecule has 1 heterocycles. The molecule has 0 aliphatic rings. The first-order chi connectivity index (χ1) is 6.83. The fourth-order valence-electron chi connectivity index (χ4n) is 1.35. The highest BCUT2D eigenvalue weighted by Crippen LogP contribution is 2.21. The molecule has 86 valence electrons. The van der Waals surface area contributed by atoms with E-state index in [-0.39, 0.29) is 5.92 Å². The van der Waals surface area contributed by atoms with Gasteiger partial charge in [-0.2, -0.15) is 18.3 Å². The van der Waals surface area contributed by atoms with E-state index in [1.807, 2.05) is 20.8 Å². The monoisotopic (exact) mass is 220 g/mol. The second-order valence-corrected chi connectivity index (χ2v) is 3.84. The molecule has 5 heteroatoms. The van der Waals surface area contributed by atoms with Gasteiger partial charge in [-0.3, -0.25) is 4.68 Å². The molecule has 0 amide bonds. The van der Waals surface area contributed by atoms with Crippen LogP contribution in [0.3, 0.4) is 0 Å². The molecular formula is C10H15F3N2. The van der Waals surface area contributed by atoms with Gasteiger partial charge >= 0.3 is 6.18 Å². The van der Waals surface area contributed by atoms with Crippen LogP contribution in [0.1, 0.15) is 38.1 Å². The van der Waals surface area contributed by atoms with Gasteiger partial charge in [0.05, 0.1) is 5.69 Å². The maximum Gasteiger partial charge on any atom is 0.408 e. The number of aryl methyl sites for hydroxylation is 1. The first-order valence-corrected chi connectivity index (χ1v) is 4.97. The van der Waals surface area contributed by atoms with E-state index in [1.165, 1.54) is 0 Å². The first-order valence-electron chi connectivity index (χ1n) is 4.97. The number of rotatable bonds is 3. The quantitative estimate of drug-likeness (QED) is 0.765. The lowest BCUT2D eigenvalue weighted by Crippen LogP contribution is -2.20. The Labute approximate surface area is 87.1 Å².